The first-order chi connectivity index (χ1) is 14.6. The molecule has 0 saturated carbocycles. The summed E-state index contributed by atoms with van der Waals surface area (Å²) in [6, 6.07) is 30.1. The minimum atomic E-state index is -0.452. The molecule has 4 aromatic rings. The second-order valence-corrected chi connectivity index (χ2v) is 8.65. The monoisotopic (exact) mass is 405 g/mol. The second-order valence-electron chi connectivity index (χ2n) is 8.22. The van der Waals surface area contributed by atoms with E-state index in [1.54, 1.807) is 0 Å². The number of hydrogen-bond donors (Lipinski definition) is 0. The Balaban J connectivity index is 1.82. The highest BCUT2D eigenvalue weighted by Gasteiger charge is 2.53. The topological polar surface area (TPSA) is 12.4 Å². The molecule has 0 N–H and O–H groups in total. The largest absolute Gasteiger partial charge is 0.251 e. The lowest BCUT2D eigenvalue weighted by atomic mass is 9.68. The van der Waals surface area contributed by atoms with Crippen LogP contribution in [0.4, 0.5) is 5.69 Å². The maximum absolute atomic E-state index is 6.57. The predicted molar refractivity (Wildman–Crippen MR) is 125 cm³/mol. The standard InChI is InChI=1S/C28H20ClN/c1-17-12-15-24-26(18(17)2)30-27(19-8-4-3-5-9-19)28(24)23-11-7-6-10-21(23)22-14-13-20(29)16-25(22)28/h3-16H,1-2H3. The molecular weight excluding hydrogens is 386 g/mol. The molecule has 4 aromatic carbocycles. The molecule has 144 valence electrons. The molecule has 1 spiro atoms. The van der Waals surface area contributed by atoms with Gasteiger partial charge in [0, 0.05) is 5.02 Å². The Morgan fingerprint density at radius 2 is 1.43 bits per heavy atom. The molecule has 0 bridgehead atoms. The van der Waals surface area contributed by atoms with Gasteiger partial charge in [0.1, 0.15) is 0 Å². The molecule has 2 aliphatic rings. The van der Waals surface area contributed by atoms with Crippen molar-refractivity contribution >= 4 is 23.0 Å². The molecule has 1 aliphatic heterocycles. The molecule has 0 radical (unpaired) electrons. The molecule has 1 nitrogen and oxygen atoms in total. The highest BCUT2D eigenvalue weighted by molar-refractivity contribution is 6.31. The van der Waals surface area contributed by atoms with Gasteiger partial charge in [-0.15, -0.1) is 0 Å². The first-order valence-electron chi connectivity index (χ1n) is 10.3. The van der Waals surface area contributed by atoms with Crippen LogP contribution in [0.25, 0.3) is 11.1 Å². The van der Waals surface area contributed by atoms with Gasteiger partial charge in [0.2, 0.25) is 0 Å². The molecule has 1 aliphatic carbocycles. The van der Waals surface area contributed by atoms with Crippen molar-refractivity contribution < 1.29 is 0 Å². The van der Waals surface area contributed by atoms with E-state index in [0.29, 0.717) is 0 Å². The Morgan fingerprint density at radius 1 is 0.700 bits per heavy atom. The average Bonchev–Trinajstić information content (AvgIpc) is 3.27. The van der Waals surface area contributed by atoms with Crippen LogP contribution in [0.3, 0.4) is 0 Å². The highest BCUT2D eigenvalue weighted by atomic mass is 35.5. The van der Waals surface area contributed by atoms with Gasteiger partial charge in [0.25, 0.3) is 0 Å². The summed E-state index contributed by atoms with van der Waals surface area (Å²) >= 11 is 6.57. The SMILES string of the molecule is Cc1ccc2c(c1C)N=C(c1ccccc1)C21c2ccccc2-c2ccc(Cl)cc21. The molecule has 0 fully saturated rings. The summed E-state index contributed by atoms with van der Waals surface area (Å²) in [4.78, 5) is 5.32. The number of hydrogen-bond acceptors (Lipinski definition) is 1. The van der Waals surface area contributed by atoms with Crippen molar-refractivity contribution in [2.45, 2.75) is 19.3 Å². The van der Waals surface area contributed by atoms with Crippen LogP contribution in [-0.2, 0) is 5.41 Å². The highest BCUT2D eigenvalue weighted by Crippen LogP contribution is 2.60. The number of nitrogens with zero attached hydrogens (tertiary/aromatic N) is 1. The zero-order chi connectivity index (χ0) is 20.5. The van der Waals surface area contributed by atoms with Crippen LogP contribution in [0, 0.1) is 13.8 Å². The van der Waals surface area contributed by atoms with E-state index < -0.39 is 5.41 Å². The molecule has 1 unspecified atom stereocenters. The predicted octanol–water partition coefficient (Wildman–Crippen LogP) is 7.41. The second kappa shape index (κ2) is 6.17. The molecule has 1 heterocycles. The molecule has 2 heteroatoms. The molecule has 0 amide bonds. The van der Waals surface area contributed by atoms with Gasteiger partial charge >= 0.3 is 0 Å². The fourth-order valence-electron chi connectivity index (χ4n) is 5.24. The van der Waals surface area contributed by atoms with E-state index in [4.69, 9.17) is 16.6 Å². The third kappa shape index (κ3) is 2.11. The number of benzene rings is 4. The Kier molecular flexibility index (Phi) is 3.63. The minimum Gasteiger partial charge on any atom is -0.251 e. The summed E-state index contributed by atoms with van der Waals surface area (Å²) in [5, 5.41) is 0.755. The smallest absolute Gasteiger partial charge is 0.0913 e. The number of fused-ring (bicyclic) bond motifs is 7. The van der Waals surface area contributed by atoms with E-state index in [2.05, 4.69) is 92.7 Å². The fraction of sp³-hybridized carbons (Fsp3) is 0.107. The number of halogens is 1. The first kappa shape index (κ1) is 17.7. The number of aryl methyl sites for hydroxylation is 1. The number of aliphatic imine (C=N–C) groups is 1. The maximum atomic E-state index is 6.57. The molecule has 1 atom stereocenters. The number of rotatable bonds is 1. The third-order valence-electron chi connectivity index (χ3n) is 6.74. The zero-order valence-electron chi connectivity index (χ0n) is 16.9. The van der Waals surface area contributed by atoms with E-state index in [1.807, 2.05) is 6.07 Å². The Morgan fingerprint density at radius 3 is 2.27 bits per heavy atom. The first-order valence-corrected chi connectivity index (χ1v) is 10.7. The van der Waals surface area contributed by atoms with Crippen molar-refractivity contribution in [2.24, 2.45) is 4.99 Å². The average molecular weight is 406 g/mol. The Bertz CT molecular complexity index is 1370. The molecular formula is C28H20ClN. The van der Waals surface area contributed by atoms with Gasteiger partial charge < -0.3 is 0 Å². The van der Waals surface area contributed by atoms with E-state index in [-0.39, 0.29) is 0 Å². The summed E-state index contributed by atoms with van der Waals surface area (Å²) < 4.78 is 0. The van der Waals surface area contributed by atoms with Crippen LogP contribution in [0.2, 0.25) is 5.02 Å². The van der Waals surface area contributed by atoms with Crippen molar-refractivity contribution in [2.75, 3.05) is 0 Å². The van der Waals surface area contributed by atoms with Crippen LogP contribution in [0.1, 0.15) is 33.4 Å². The molecule has 0 saturated heterocycles. The van der Waals surface area contributed by atoms with Gasteiger partial charge in [-0.25, -0.2) is 0 Å². The lowest BCUT2D eigenvalue weighted by Gasteiger charge is -2.31. The van der Waals surface area contributed by atoms with Gasteiger partial charge in [-0.2, -0.15) is 0 Å². The summed E-state index contributed by atoms with van der Waals surface area (Å²) in [6.07, 6.45) is 0. The molecule has 0 aromatic heterocycles. The van der Waals surface area contributed by atoms with E-state index in [1.165, 1.54) is 38.9 Å². The summed E-state index contributed by atoms with van der Waals surface area (Å²) in [5.74, 6) is 0. The van der Waals surface area contributed by atoms with E-state index in [9.17, 15) is 0 Å². The molecule has 6 rings (SSSR count). The quantitative estimate of drug-likeness (QED) is 0.312. The third-order valence-corrected chi connectivity index (χ3v) is 6.97. The van der Waals surface area contributed by atoms with Gasteiger partial charge in [0.15, 0.2) is 0 Å². The van der Waals surface area contributed by atoms with E-state index >= 15 is 0 Å². The van der Waals surface area contributed by atoms with E-state index in [0.717, 1.165) is 22.0 Å². The van der Waals surface area contributed by atoms with Crippen molar-refractivity contribution in [1.29, 1.82) is 0 Å². The lowest BCUT2D eigenvalue weighted by Crippen LogP contribution is -2.34. The van der Waals surface area contributed by atoms with Crippen molar-refractivity contribution in [3.63, 3.8) is 0 Å². The maximum Gasteiger partial charge on any atom is 0.0913 e. The zero-order valence-corrected chi connectivity index (χ0v) is 17.7. The van der Waals surface area contributed by atoms with Crippen molar-refractivity contribution in [1.82, 2.24) is 0 Å². The summed E-state index contributed by atoms with van der Waals surface area (Å²) in [5.41, 5.74) is 11.6. The van der Waals surface area contributed by atoms with Gasteiger partial charge in [0.05, 0.1) is 16.8 Å². The Hall–Kier alpha value is -3.16. The summed E-state index contributed by atoms with van der Waals surface area (Å²) in [6.45, 7) is 4.34. The van der Waals surface area contributed by atoms with Gasteiger partial charge in [-0.05, 0) is 70.5 Å². The van der Waals surface area contributed by atoms with Crippen LogP contribution in [-0.4, -0.2) is 5.71 Å². The van der Waals surface area contributed by atoms with Crippen molar-refractivity contribution in [3.05, 3.63) is 123 Å². The van der Waals surface area contributed by atoms with Crippen LogP contribution >= 0.6 is 11.6 Å². The van der Waals surface area contributed by atoms with Crippen molar-refractivity contribution in [3.8, 4) is 11.1 Å². The van der Waals surface area contributed by atoms with Crippen LogP contribution < -0.4 is 0 Å². The Labute approximate surface area is 181 Å². The normalized spacial score (nSPS) is 18.2. The van der Waals surface area contributed by atoms with Crippen LogP contribution in [0.5, 0.6) is 0 Å². The lowest BCUT2D eigenvalue weighted by molar-refractivity contribution is 0.880. The van der Waals surface area contributed by atoms with Gasteiger partial charge in [-0.3, -0.25) is 4.99 Å². The molecule has 30 heavy (non-hydrogen) atoms. The van der Waals surface area contributed by atoms with Crippen LogP contribution in [0.15, 0.2) is 89.9 Å². The fourth-order valence-corrected chi connectivity index (χ4v) is 5.42. The summed E-state index contributed by atoms with van der Waals surface area (Å²) in [7, 11) is 0. The van der Waals surface area contributed by atoms with Gasteiger partial charge in [-0.1, -0.05) is 84.4 Å². The minimum absolute atomic E-state index is 0.452.